The SMILES string of the molecule is CC(C)Cc1nc(-c2c[nH]c(C(=O)O)c2)cs1. The Labute approximate surface area is 103 Å². The van der Waals surface area contributed by atoms with E-state index in [9.17, 15) is 4.79 Å². The molecule has 0 bridgehead atoms. The maximum Gasteiger partial charge on any atom is 0.352 e. The highest BCUT2D eigenvalue weighted by Gasteiger charge is 2.10. The van der Waals surface area contributed by atoms with Crippen LogP contribution in [-0.4, -0.2) is 21.0 Å². The van der Waals surface area contributed by atoms with Crippen LogP contribution in [0.25, 0.3) is 11.3 Å². The van der Waals surface area contributed by atoms with Crippen LogP contribution in [0.2, 0.25) is 0 Å². The second-order valence-corrected chi connectivity index (χ2v) is 5.27. The molecule has 0 atom stereocenters. The van der Waals surface area contributed by atoms with Gasteiger partial charge in [0.2, 0.25) is 0 Å². The molecule has 90 valence electrons. The van der Waals surface area contributed by atoms with Gasteiger partial charge in [-0.05, 0) is 12.0 Å². The van der Waals surface area contributed by atoms with Gasteiger partial charge in [0.25, 0.3) is 0 Å². The van der Waals surface area contributed by atoms with Crippen molar-refractivity contribution in [2.24, 2.45) is 5.92 Å². The van der Waals surface area contributed by atoms with Gasteiger partial charge in [-0.1, -0.05) is 13.8 Å². The molecule has 0 saturated carbocycles. The molecule has 0 spiro atoms. The minimum atomic E-state index is -0.950. The van der Waals surface area contributed by atoms with Crippen LogP contribution in [0.15, 0.2) is 17.6 Å². The lowest BCUT2D eigenvalue weighted by Gasteiger charge is -1.98. The number of hydrogen-bond acceptors (Lipinski definition) is 3. The number of aromatic amines is 1. The average Bonchev–Trinajstić information content (AvgIpc) is 2.83. The van der Waals surface area contributed by atoms with E-state index in [2.05, 4.69) is 23.8 Å². The number of nitrogens with one attached hydrogen (secondary N) is 1. The third-order valence-electron chi connectivity index (χ3n) is 2.34. The van der Waals surface area contributed by atoms with E-state index in [1.807, 2.05) is 5.38 Å². The average molecular weight is 250 g/mol. The molecule has 17 heavy (non-hydrogen) atoms. The predicted octanol–water partition coefficient (Wildman–Crippen LogP) is 3.03. The highest BCUT2D eigenvalue weighted by Crippen LogP contribution is 2.24. The zero-order valence-electron chi connectivity index (χ0n) is 9.73. The Morgan fingerprint density at radius 3 is 2.94 bits per heavy atom. The van der Waals surface area contributed by atoms with Crippen LogP contribution in [0, 0.1) is 5.92 Å². The molecule has 5 heteroatoms. The fraction of sp³-hybridized carbons (Fsp3) is 0.333. The van der Waals surface area contributed by atoms with Gasteiger partial charge in [-0.25, -0.2) is 9.78 Å². The largest absolute Gasteiger partial charge is 0.477 e. The molecule has 0 aliphatic heterocycles. The fourth-order valence-corrected chi connectivity index (χ4v) is 2.57. The first-order valence-corrected chi connectivity index (χ1v) is 6.30. The summed E-state index contributed by atoms with van der Waals surface area (Å²) in [6, 6.07) is 1.61. The van der Waals surface area contributed by atoms with Gasteiger partial charge in [0.05, 0.1) is 10.7 Å². The lowest BCUT2D eigenvalue weighted by atomic mass is 10.1. The summed E-state index contributed by atoms with van der Waals surface area (Å²) in [6.07, 6.45) is 2.64. The van der Waals surface area contributed by atoms with Crippen LogP contribution < -0.4 is 0 Å². The first-order chi connectivity index (χ1) is 8.06. The monoisotopic (exact) mass is 250 g/mol. The van der Waals surface area contributed by atoms with E-state index in [-0.39, 0.29) is 5.69 Å². The predicted molar refractivity (Wildman–Crippen MR) is 67.4 cm³/mol. The summed E-state index contributed by atoms with van der Waals surface area (Å²) in [5.41, 5.74) is 1.86. The molecule has 0 radical (unpaired) electrons. The molecule has 2 heterocycles. The van der Waals surface area contributed by atoms with Crippen LogP contribution in [0.3, 0.4) is 0 Å². The van der Waals surface area contributed by atoms with Gasteiger partial charge in [-0.15, -0.1) is 11.3 Å². The van der Waals surface area contributed by atoms with Crippen molar-refractivity contribution in [2.45, 2.75) is 20.3 Å². The van der Waals surface area contributed by atoms with Crippen molar-refractivity contribution in [1.82, 2.24) is 9.97 Å². The Morgan fingerprint density at radius 2 is 2.35 bits per heavy atom. The lowest BCUT2D eigenvalue weighted by molar-refractivity contribution is 0.0691. The molecule has 0 aliphatic rings. The number of nitrogens with zero attached hydrogens (tertiary/aromatic N) is 1. The Bertz CT molecular complexity index is 528. The van der Waals surface area contributed by atoms with Crippen molar-refractivity contribution in [3.05, 3.63) is 28.3 Å². The van der Waals surface area contributed by atoms with E-state index in [1.165, 1.54) is 0 Å². The Kier molecular flexibility index (Phi) is 3.28. The third-order valence-corrected chi connectivity index (χ3v) is 3.21. The van der Waals surface area contributed by atoms with E-state index in [1.54, 1.807) is 23.6 Å². The summed E-state index contributed by atoms with van der Waals surface area (Å²) in [5.74, 6) is -0.372. The summed E-state index contributed by atoms with van der Waals surface area (Å²) in [4.78, 5) is 18.0. The molecule has 2 rings (SSSR count). The number of carbonyl (C=O) groups is 1. The van der Waals surface area contributed by atoms with Crippen molar-refractivity contribution in [3.63, 3.8) is 0 Å². The fourth-order valence-electron chi connectivity index (χ4n) is 1.55. The van der Waals surface area contributed by atoms with Crippen molar-refractivity contribution in [1.29, 1.82) is 0 Å². The topological polar surface area (TPSA) is 66.0 Å². The van der Waals surface area contributed by atoms with Gasteiger partial charge in [0.1, 0.15) is 5.69 Å². The molecule has 0 unspecified atom stereocenters. The smallest absolute Gasteiger partial charge is 0.352 e. The highest BCUT2D eigenvalue weighted by molar-refractivity contribution is 7.09. The van der Waals surface area contributed by atoms with Crippen LogP contribution in [0.4, 0.5) is 0 Å². The summed E-state index contributed by atoms with van der Waals surface area (Å²) >= 11 is 1.62. The third kappa shape index (κ3) is 2.74. The summed E-state index contributed by atoms with van der Waals surface area (Å²) < 4.78 is 0. The zero-order valence-corrected chi connectivity index (χ0v) is 10.5. The Morgan fingerprint density at radius 1 is 1.59 bits per heavy atom. The van der Waals surface area contributed by atoms with Crippen LogP contribution in [-0.2, 0) is 6.42 Å². The molecule has 2 N–H and O–H groups in total. The van der Waals surface area contributed by atoms with Crippen molar-refractivity contribution < 1.29 is 9.90 Å². The number of thiazole rings is 1. The second kappa shape index (κ2) is 4.71. The second-order valence-electron chi connectivity index (χ2n) is 4.33. The minimum Gasteiger partial charge on any atom is -0.477 e. The molecule has 0 aliphatic carbocycles. The first-order valence-electron chi connectivity index (χ1n) is 5.42. The number of carboxylic acids is 1. The number of carboxylic acid groups (broad SMARTS) is 1. The van der Waals surface area contributed by atoms with Gasteiger partial charge in [0.15, 0.2) is 0 Å². The van der Waals surface area contributed by atoms with E-state index in [0.717, 1.165) is 22.7 Å². The number of hydrogen-bond donors (Lipinski definition) is 2. The Balaban J connectivity index is 2.21. The van der Waals surface area contributed by atoms with Crippen LogP contribution in [0.5, 0.6) is 0 Å². The molecule has 2 aromatic heterocycles. The van der Waals surface area contributed by atoms with E-state index < -0.39 is 5.97 Å². The quantitative estimate of drug-likeness (QED) is 0.876. The van der Waals surface area contributed by atoms with Crippen LogP contribution in [0.1, 0.15) is 29.3 Å². The highest BCUT2D eigenvalue weighted by atomic mass is 32.1. The normalized spacial score (nSPS) is 11.0. The molecular weight excluding hydrogens is 236 g/mol. The van der Waals surface area contributed by atoms with Crippen molar-refractivity contribution in [2.75, 3.05) is 0 Å². The number of H-pyrrole nitrogens is 1. The van der Waals surface area contributed by atoms with Gasteiger partial charge in [0, 0.05) is 23.6 Å². The van der Waals surface area contributed by atoms with Gasteiger partial charge in [-0.3, -0.25) is 0 Å². The number of aromatic nitrogens is 2. The summed E-state index contributed by atoms with van der Waals surface area (Å²) in [7, 11) is 0. The molecule has 0 saturated heterocycles. The Hall–Kier alpha value is -1.62. The molecule has 0 aromatic carbocycles. The van der Waals surface area contributed by atoms with Crippen molar-refractivity contribution in [3.8, 4) is 11.3 Å². The number of aromatic carboxylic acids is 1. The van der Waals surface area contributed by atoms with E-state index >= 15 is 0 Å². The maximum atomic E-state index is 10.7. The summed E-state index contributed by atoms with van der Waals surface area (Å²) in [5, 5.41) is 11.9. The molecular formula is C12H14N2O2S. The van der Waals surface area contributed by atoms with Gasteiger partial charge < -0.3 is 10.1 Å². The maximum absolute atomic E-state index is 10.7. The van der Waals surface area contributed by atoms with Gasteiger partial charge in [-0.2, -0.15) is 0 Å². The standard InChI is InChI=1S/C12H14N2O2S/c1-7(2)3-11-14-10(6-17-11)8-4-9(12(15)16)13-5-8/h4-7,13H,3H2,1-2H3,(H,15,16). The molecule has 4 nitrogen and oxygen atoms in total. The summed E-state index contributed by atoms with van der Waals surface area (Å²) in [6.45, 7) is 4.31. The molecule has 0 fully saturated rings. The molecule has 0 amide bonds. The van der Waals surface area contributed by atoms with E-state index in [4.69, 9.17) is 5.11 Å². The molecule has 2 aromatic rings. The van der Waals surface area contributed by atoms with Crippen molar-refractivity contribution >= 4 is 17.3 Å². The minimum absolute atomic E-state index is 0.193. The number of rotatable bonds is 4. The van der Waals surface area contributed by atoms with Gasteiger partial charge >= 0.3 is 5.97 Å². The van der Waals surface area contributed by atoms with E-state index in [0.29, 0.717) is 5.92 Å². The first kappa shape index (κ1) is 11.9. The zero-order chi connectivity index (χ0) is 12.4. The lowest BCUT2D eigenvalue weighted by Crippen LogP contribution is -1.94. The van der Waals surface area contributed by atoms with Crippen LogP contribution >= 0.6 is 11.3 Å².